The number of anilines is 1. The van der Waals surface area contributed by atoms with E-state index in [1.165, 1.54) is 17.4 Å². The number of carbonyl (C=O) groups excluding carboxylic acids is 2. The summed E-state index contributed by atoms with van der Waals surface area (Å²) in [6.07, 6.45) is 4.42. The fraction of sp³-hybridized carbons (Fsp3) is 0.350. The van der Waals surface area contributed by atoms with E-state index in [9.17, 15) is 14.9 Å². The van der Waals surface area contributed by atoms with E-state index in [2.05, 4.69) is 16.7 Å². The average molecular weight is 416 g/mol. The number of rotatable bonds is 5. The van der Waals surface area contributed by atoms with Crippen LogP contribution in [-0.2, 0) is 22.4 Å². The molecule has 2 aromatic heterocycles. The van der Waals surface area contributed by atoms with E-state index < -0.39 is 6.09 Å². The van der Waals surface area contributed by atoms with Gasteiger partial charge in [-0.15, -0.1) is 11.3 Å². The summed E-state index contributed by atoms with van der Waals surface area (Å²) in [6.45, 7) is 3.75. The number of fused-ring (bicyclic) bond motifs is 1. The van der Waals surface area contributed by atoms with Crippen LogP contribution in [0.4, 0.5) is 9.80 Å². The zero-order chi connectivity index (χ0) is 20.1. The van der Waals surface area contributed by atoms with Crippen LogP contribution in [0.5, 0.6) is 0 Å². The first kappa shape index (κ1) is 20.1. The number of amides is 2. The Balaban J connectivity index is 1.68. The minimum atomic E-state index is -0.424. The summed E-state index contributed by atoms with van der Waals surface area (Å²) in [4.78, 5) is 25.0. The van der Waals surface area contributed by atoms with Crippen molar-refractivity contribution in [3.63, 3.8) is 0 Å². The van der Waals surface area contributed by atoms with Gasteiger partial charge in [-0.25, -0.2) is 4.79 Å². The second kappa shape index (κ2) is 9.04. The lowest BCUT2D eigenvalue weighted by molar-refractivity contribution is -0.111. The van der Waals surface area contributed by atoms with E-state index in [4.69, 9.17) is 4.74 Å². The van der Waals surface area contributed by atoms with E-state index in [0.29, 0.717) is 29.8 Å². The third-order valence-electron chi connectivity index (χ3n) is 4.22. The monoisotopic (exact) mass is 415 g/mol. The molecule has 1 unspecified atom stereocenters. The summed E-state index contributed by atoms with van der Waals surface area (Å²) < 4.78 is 5.48. The van der Waals surface area contributed by atoms with Gasteiger partial charge < -0.3 is 15.4 Å². The molecule has 0 saturated carbocycles. The molecule has 1 aliphatic carbocycles. The Morgan fingerprint density at radius 1 is 1.43 bits per heavy atom. The Labute approximate surface area is 171 Å². The first-order valence-electron chi connectivity index (χ1n) is 8.99. The summed E-state index contributed by atoms with van der Waals surface area (Å²) in [5.74, 6) is -0.273. The summed E-state index contributed by atoms with van der Waals surface area (Å²) in [5.41, 5.74) is 2.43. The summed E-state index contributed by atoms with van der Waals surface area (Å²) in [5, 5.41) is 19.5. The highest BCUT2D eigenvalue weighted by Crippen LogP contribution is 2.38. The SMILES string of the molecule is CC(C)NC(=O)OC1CCc2c(sc(NC(=O)/C=C/c3ccsc3)c2C#N)C1. The highest BCUT2D eigenvalue weighted by molar-refractivity contribution is 7.16. The molecule has 28 heavy (non-hydrogen) atoms. The van der Waals surface area contributed by atoms with Crippen molar-refractivity contribution in [3.8, 4) is 6.07 Å². The molecule has 6 nitrogen and oxygen atoms in total. The Morgan fingerprint density at radius 3 is 2.93 bits per heavy atom. The van der Waals surface area contributed by atoms with Crippen LogP contribution in [-0.4, -0.2) is 24.1 Å². The van der Waals surface area contributed by atoms with Gasteiger partial charge in [0.25, 0.3) is 0 Å². The number of ether oxygens (including phenoxy) is 1. The second-order valence-corrected chi connectivity index (χ2v) is 8.65. The van der Waals surface area contributed by atoms with Crippen LogP contribution < -0.4 is 10.6 Å². The number of hydrogen-bond acceptors (Lipinski definition) is 6. The fourth-order valence-corrected chi connectivity index (χ4v) is 4.87. The lowest BCUT2D eigenvalue weighted by atomic mass is 9.94. The number of nitrogens with zero attached hydrogens (tertiary/aromatic N) is 1. The predicted molar refractivity (Wildman–Crippen MR) is 112 cm³/mol. The maximum absolute atomic E-state index is 12.2. The van der Waals surface area contributed by atoms with Crippen molar-refractivity contribution in [2.24, 2.45) is 0 Å². The lowest BCUT2D eigenvalue weighted by Gasteiger charge is -2.23. The molecule has 146 valence electrons. The van der Waals surface area contributed by atoms with Gasteiger partial charge in [0, 0.05) is 23.4 Å². The minimum Gasteiger partial charge on any atom is -0.446 e. The maximum atomic E-state index is 12.2. The zero-order valence-electron chi connectivity index (χ0n) is 15.7. The third kappa shape index (κ3) is 5.00. The number of nitriles is 1. The van der Waals surface area contributed by atoms with Crippen LogP contribution in [0.2, 0.25) is 0 Å². The van der Waals surface area contributed by atoms with E-state index in [1.807, 2.05) is 30.7 Å². The Bertz CT molecular complexity index is 923. The van der Waals surface area contributed by atoms with E-state index >= 15 is 0 Å². The number of nitrogens with one attached hydrogen (secondary N) is 2. The molecule has 0 aliphatic heterocycles. The van der Waals surface area contributed by atoms with Crippen molar-refractivity contribution < 1.29 is 14.3 Å². The van der Waals surface area contributed by atoms with E-state index in [0.717, 1.165) is 16.0 Å². The summed E-state index contributed by atoms with van der Waals surface area (Å²) >= 11 is 2.95. The van der Waals surface area contributed by atoms with Crippen LogP contribution in [0.1, 0.15) is 41.8 Å². The van der Waals surface area contributed by atoms with Crippen molar-refractivity contribution in [3.05, 3.63) is 44.5 Å². The van der Waals surface area contributed by atoms with Crippen LogP contribution >= 0.6 is 22.7 Å². The van der Waals surface area contributed by atoms with Crippen molar-refractivity contribution in [1.29, 1.82) is 5.26 Å². The van der Waals surface area contributed by atoms with Crippen LogP contribution in [0.25, 0.3) is 6.08 Å². The van der Waals surface area contributed by atoms with Crippen LogP contribution in [0.3, 0.4) is 0 Å². The summed E-state index contributed by atoms with van der Waals surface area (Å²) in [6, 6.07) is 4.16. The van der Waals surface area contributed by atoms with Gasteiger partial charge in [-0.3, -0.25) is 4.79 Å². The molecule has 0 fully saturated rings. The van der Waals surface area contributed by atoms with Gasteiger partial charge in [0.05, 0.1) is 5.56 Å². The van der Waals surface area contributed by atoms with E-state index in [-0.39, 0.29) is 18.1 Å². The molecule has 2 aromatic rings. The van der Waals surface area contributed by atoms with Crippen molar-refractivity contribution in [2.75, 3.05) is 5.32 Å². The van der Waals surface area contributed by atoms with Gasteiger partial charge in [0.2, 0.25) is 5.91 Å². The molecule has 2 amide bonds. The minimum absolute atomic E-state index is 0.0162. The van der Waals surface area contributed by atoms with Gasteiger partial charge in [0.1, 0.15) is 17.2 Å². The van der Waals surface area contributed by atoms with Gasteiger partial charge in [-0.05, 0) is 60.7 Å². The van der Waals surface area contributed by atoms with Crippen molar-refractivity contribution in [1.82, 2.24) is 5.32 Å². The number of thiophene rings is 2. The van der Waals surface area contributed by atoms with Crippen LogP contribution in [0.15, 0.2) is 22.9 Å². The highest BCUT2D eigenvalue weighted by Gasteiger charge is 2.28. The normalized spacial score (nSPS) is 15.9. The van der Waals surface area contributed by atoms with Crippen molar-refractivity contribution >= 4 is 45.8 Å². The topological polar surface area (TPSA) is 91.2 Å². The molecule has 0 saturated heterocycles. The van der Waals surface area contributed by atoms with Gasteiger partial charge in [0.15, 0.2) is 0 Å². The zero-order valence-corrected chi connectivity index (χ0v) is 17.3. The first-order valence-corrected chi connectivity index (χ1v) is 10.7. The molecule has 0 radical (unpaired) electrons. The molecule has 2 heterocycles. The molecule has 1 atom stereocenters. The molecular weight excluding hydrogens is 394 g/mol. The predicted octanol–water partition coefficient (Wildman–Crippen LogP) is 4.33. The standard InChI is InChI=1S/C20H21N3O3S2/c1-12(2)22-20(25)26-14-4-5-15-16(10-21)19(28-17(15)9-14)23-18(24)6-3-13-7-8-27-11-13/h3,6-8,11-12,14H,4-5,9H2,1-2H3,(H,22,25)(H,23,24)/b6-3+. The Kier molecular flexibility index (Phi) is 6.49. The average Bonchev–Trinajstić information content (AvgIpc) is 3.25. The number of alkyl carbamates (subject to hydrolysis) is 1. The largest absolute Gasteiger partial charge is 0.446 e. The molecule has 0 aromatic carbocycles. The van der Waals surface area contributed by atoms with Crippen LogP contribution in [0, 0.1) is 11.3 Å². The van der Waals surface area contributed by atoms with Gasteiger partial charge >= 0.3 is 6.09 Å². The van der Waals surface area contributed by atoms with Gasteiger partial charge in [-0.2, -0.15) is 16.6 Å². The number of carbonyl (C=O) groups is 2. The molecular formula is C20H21N3O3S2. The molecule has 8 heteroatoms. The quantitative estimate of drug-likeness (QED) is 0.711. The lowest BCUT2D eigenvalue weighted by Crippen LogP contribution is -2.35. The summed E-state index contributed by atoms with van der Waals surface area (Å²) in [7, 11) is 0. The Morgan fingerprint density at radius 2 is 2.25 bits per heavy atom. The van der Waals surface area contributed by atoms with Crippen molar-refractivity contribution in [2.45, 2.75) is 45.3 Å². The maximum Gasteiger partial charge on any atom is 0.407 e. The fourth-order valence-electron chi connectivity index (χ4n) is 2.98. The molecule has 2 N–H and O–H groups in total. The second-order valence-electron chi connectivity index (χ2n) is 6.77. The molecule has 1 aliphatic rings. The van der Waals surface area contributed by atoms with Gasteiger partial charge in [-0.1, -0.05) is 0 Å². The highest BCUT2D eigenvalue weighted by atomic mass is 32.1. The number of hydrogen-bond donors (Lipinski definition) is 2. The third-order valence-corrected chi connectivity index (χ3v) is 6.09. The van der Waals surface area contributed by atoms with E-state index in [1.54, 1.807) is 17.4 Å². The molecule has 0 spiro atoms. The smallest absolute Gasteiger partial charge is 0.407 e. The molecule has 0 bridgehead atoms. The first-order chi connectivity index (χ1) is 13.5. The Hall–Kier alpha value is -2.63. The molecule has 3 rings (SSSR count).